The molecule has 2 aromatic rings. The highest BCUT2D eigenvalue weighted by Gasteiger charge is 2.26. The first-order valence-electron chi connectivity index (χ1n) is 6.65. The molecule has 2 aromatic heterocycles. The van der Waals surface area contributed by atoms with Crippen molar-refractivity contribution < 1.29 is 4.79 Å². The number of hydrogen-bond donors (Lipinski definition) is 1. The minimum atomic E-state index is 0.122. The fraction of sp³-hybridized carbons (Fsp3) is 0.429. The van der Waals surface area contributed by atoms with E-state index in [1.54, 1.807) is 6.20 Å². The largest absolute Gasteiger partial charge is 0.347 e. The number of nitrogens with zero attached hydrogens (tertiary/aromatic N) is 3. The lowest BCUT2D eigenvalue weighted by molar-refractivity contribution is 0.0696. The second-order valence-corrected chi connectivity index (χ2v) is 5.11. The standard InChI is InChI=1S/C14H18N4O/c1-17-8-3-5-13(17)14(19)18-9-2-4-11(10-18)12-6-7-15-16-12/h3,5-8,11H,2,4,9-10H2,1H3,(H,15,16). The minimum Gasteiger partial charge on any atom is -0.347 e. The molecular formula is C14H18N4O. The maximum absolute atomic E-state index is 12.5. The summed E-state index contributed by atoms with van der Waals surface area (Å²) >= 11 is 0. The van der Waals surface area contributed by atoms with Gasteiger partial charge in [-0.25, -0.2) is 0 Å². The van der Waals surface area contributed by atoms with Gasteiger partial charge in [0.05, 0.1) is 0 Å². The predicted octanol–water partition coefficient (Wildman–Crippen LogP) is 1.77. The molecule has 3 rings (SSSR count). The maximum Gasteiger partial charge on any atom is 0.270 e. The highest BCUT2D eigenvalue weighted by atomic mass is 16.2. The van der Waals surface area contributed by atoms with Crippen LogP contribution in [0.25, 0.3) is 0 Å². The number of carbonyl (C=O) groups is 1. The topological polar surface area (TPSA) is 53.9 Å². The molecule has 1 atom stereocenters. The van der Waals surface area contributed by atoms with E-state index < -0.39 is 0 Å². The van der Waals surface area contributed by atoms with Crippen LogP contribution in [0.15, 0.2) is 30.6 Å². The van der Waals surface area contributed by atoms with Crippen LogP contribution in [0.3, 0.4) is 0 Å². The van der Waals surface area contributed by atoms with Gasteiger partial charge in [-0.15, -0.1) is 0 Å². The second-order valence-electron chi connectivity index (χ2n) is 5.11. The van der Waals surface area contributed by atoms with E-state index in [2.05, 4.69) is 10.2 Å². The number of amides is 1. The van der Waals surface area contributed by atoms with Crippen LogP contribution in [0.1, 0.15) is 34.9 Å². The van der Waals surface area contributed by atoms with Crippen molar-refractivity contribution in [1.82, 2.24) is 19.7 Å². The molecule has 0 bridgehead atoms. The Labute approximate surface area is 112 Å². The third kappa shape index (κ3) is 2.28. The van der Waals surface area contributed by atoms with Crippen molar-refractivity contribution in [2.75, 3.05) is 13.1 Å². The Morgan fingerprint density at radius 1 is 1.47 bits per heavy atom. The summed E-state index contributed by atoms with van der Waals surface area (Å²) in [6.45, 7) is 1.61. The molecule has 1 saturated heterocycles. The zero-order valence-electron chi connectivity index (χ0n) is 11.0. The summed E-state index contributed by atoms with van der Waals surface area (Å²) < 4.78 is 1.88. The van der Waals surface area contributed by atoms with Gasteiger partial charge in [0.25, 0.3) is 5.91 Å². The predicted molar refractivity (Wildman–Crippen MR) is 71.9 cm³/mol. The van der Waals surface area contributed by atoms with Gasteiger partial charge in [-0.05, 0) is 31.0 Å². The molecule has 3 heterocycles. The van der Waals surface area contributed by atoms with Crippen LogP contribution in [0, 0.1) is 0 Å². The summed E-state index contributed by atoms with van der Waals surface area (Å²) in [5.41, 5.74) is 1.88. The van der Waals surface area contributed by atoms with Gasteiger partial charge in [0.15, 0.2) is 0 Å². The van der Waals surface area contributed by atoms with Gasteiger partial charge in [0.1, 0.15) is 5.69 Å². The normalized spacial score (nSPS) is 19.6. The molecule has 0 saturated carbocycles. The van der Waals surface area contributed by atoms with Crippen molar-refractivity contribution >= 4 is 5.91 Å². The monoisotopic (exact) mass is 258 g/mol. The smallest absolute Gasteiger partial charge is 0.270 e. The fourth-order valence-electron chi connectivity index (χ4n) is 2.75. The van der Waals surface area contributed by atoms with E-state index >= 15 is 0 Å². The van der Waals surface area contributed by atoms with Crippen molar-refractivity contribution in [2.24, 2.45) is 7.05 Å². The minimum absolute atomic E-state index is 0.122. The SMILES string of the molecule is Cn1cccc1C(=O)N1CCCC(c2ccn[nH]2)C1. The summed E-state index contributed by atoms with van der Waals surface area (Å²) in [4.78, 5) is 14.4. The number of H-pyrrole nitrogens is 1. The summed E-state index contributed by atoms with van der Waals surface area (Å²) in [7, 11) is 1.91. The highest BCUT2D eigenvalue weighted by molar-refractivity contribution is 5.92. The molecule has 1 aliphatic rings. The van der Waals surface area contributed by atoms with Crippen LogP contribution >= 0.6 is 0 Å². The van der Waals surface area contributed by atoms with Gasteiger partial charge >= 0.3 is 0 Å². The van der Waals surface area contributed by atoms with E-state index in [0.717, 1.165) is 37.3 Å². The molecular weight excluding hydrogens is 240 g/mol. The number of piperidine rings is 1. The first kappa shape index (κ1) is 12.0. The Balaban J connectivity index is 1.75. The first-order valence-corrected chi connectivity index (χ1v) is 6.65. The molecule has 0 aromatic carbocycles. The number of likely N-dealkylation sites (tertiary alicyclic amines) is 1. The van der Waals surface area contributed by atoms with E-state index in [0.29, 0.717) is 5.92 Å². The van der Waals surface area contributed by atoms with E-state index in [-0.39, 0.29) is 5.91 Å². The average Bonchev–Trinajstić information content (AvgIpc) is 3.09. The van der Waals surface area contributed by atoms with Crippen LogP contribution in [0.4, 0.5) is 0 Å². The number of hydrogen-bond acceptors (Lipinski definition) is 2. The number of carbonyl (C=O) groups excluding carboxylic acids is 1. The number of aromatic nitrogens is 3. The molecule has 19 heavy (non-hydrogen) atoms. The molecule has 0 aliphatic carbocycles. The van der Waals surface area contributed by atoms with Crippen molar-refractivity contribution in [2.45, 2.75) is 18.8 Å². The van der Waals surface area contributed by atoms with Gasteiger partial charge in [0.2, 0.25) is 0 Å². The van der Waals surface area contributed by atoms with Gasteiger partial charge in [-0.2, -0.15) is 5.10 Å². The highest BCUT2D eigenvalue weighted by Crippen LogP contribution is 2.26. The van der Waals surface area contributed by atoms with Crippen LogP contribution < -0.4 is 0 Å². The number of aryl methyl sites for hydroxylation is 1. The van der Waals surface area contributed by atoms with Crippen LogP contribution in [-0.4, -0.2) is 38.7 Å². The van der Waals surface area contributed by atoms with Gasteiger partial charge < -0.3 is 9.47 Å². The third-order valence-corrected chi connectivity index (χ3v) is 3.83. The molecule has 1 N–H and O–H groups in total. The maximum atomic E-state index is 12.5. The van der Waals surface area contributed by atoms with Gasteiger partial charge in [-0.1, -0.05) is 0 Å². The van der Waals surface area contributed by atoms with Gasteiger partial charge in [0, 0.05) is 44.1 Å². The molecule has 1 fully saturated rings. The van der Waals surface area contributed by atoms with E-state index in [1.807, 2.05) is 40.9 Å². The lowest BCUT2D eigenvalue weighted by atomic mass is 9.95. The molecule has 1 aliphatic heterocycles. The third-order valence-electron chi connectivity index (χ3n) is 3.83. The van der Waals surface area contributed by atoms with Crippen molar-refractivity contribution in [3.63, 3.8) is 0 Å². The molecule has 0 spiro atoms. The zero-order chi connectivity index (χ0) is 13.2. The van der Waals surface area contributed by atoms with Gasteiger partial charge in [-0.3, -0.25) is 9.89 Å². The summed E-state index contributed by atoms with van der Waals surface area (Å²) in [6, 6.07) is 5.78. The average molecular weight is 258 g/mol. The molecule has 5 nitrogen and oxygen atoms in total. The lowest BCUT2D eigenvalue weighted by Gasteiger charge is -2.32. The Kier molecular flexibility index (Phi) is 3.11. The van der Waals surface area contributed by atoms with Crippen molar-refractivity contribution in [3.8, 4) is 0 Å². The number of nitrogens with one attached hydrogen (secondary N) is 1. The first-order chi connectivity index (χ1) is 9.25. The molecule has 5 heteroatoms. The van der Waals surface area contributed by atoms with Crippen LogP contribution in [-0.2, 0) is 7.05 Å². The van der Waals surface area contributed by atoms with E-state index in [1.165, 1.54) is 0 Å². The van der Waals surface area contributed by atoms with Crippen molar-refractivity contribution in [3.05, 3.63) is 42.0 Å². The molecule has 100 valence electrons. The summed E-state index contributed by atoms with van der Waals surface area (Å²) in [5, 5.41) is 7.02. The Hall–Kier alpha value is -2.04. The Morgan fingerprint density at radius 2 is 2.37 bits per heavy atom. The molecule has 0 radical (unpaired) electrons. The summed E-state index contributed by atoms with van der Waals surface area (Å²) in [5.74, 6) is 0.497. The van der Waals surface area contributed by atoms with Crippen LogP contribution in [0.2, 0.25) is 0 Å². The Bertz CT molecular complexity index is 558. The van der Waals surface area contributed by atoms with Crippen molar-refractivity contribution in [1.29, 1.82) is 0 Å². The number of aromatic amines is 1. The van der Waals surface area contributed by atoms with Crippen LogP contribution in [0.5, 0.6) is 0 Å². The second kappa shape index (κ2) is 4.91. The summed E-state index contributed by atoms with van der Waals surface area (Å²) in [6.07, 6.45) is 5.83. The molecule has 1 unspecified atom stereocenters. The molecule has 1 amide bonds. The quantitative estimate of drug-likeness (QED) is 0.892. The van der Waals surface area contributed by atoms with E-state index in [9.17, 15) is 4.79 Å². The lowest BCUT2D eigenvalue weighted by Crippen LogP contribution is -2.39. The zero-order valence-corrected chi connectivity index (χ0v) is 11.0. The van der Waals surface area contributed by atoms with E-state index in [4.69, 9.17) is 0 Å². The fourth-order valence-corrected chi connectivity index (χ4v) is 2.75. The Morgan fingerprint density at radius 3 is 3.05 bits per heavy atom. The number of rotatable bonds is 2.